The number of anilines is 1. The molecule has 2 rings (SSSR count). The van der Waals surface area contributed by atoms with Gasteiger partial charge in [-0.1, -0.05) is 0 Å². The molecule has 0 fully saturated rings. The van der Waals surface area contributed by atoms with Crippen LogP contribution >= 0.6 is 0 Å². The summed E-state index contributed by atoms with van der Waals surface area (Å²) in [7, 11) is 1.71. The Kier molecular flexibility index (Phi) is 6.90. The van der Waals surface area contributed by atoms with Gasteiger partial charge in [-0.3, -0.25) is 19.4 Å². The van der Waals surface area contributed by atoms with Crippen LogP contribution in [0.15, 0.2) is 40.1 Å². The molecule has 1 unspecified atom stereocenters. The maximum atomic E-state index is 12.2. The van der Waals surface area contributed by atoms with E-state index in [1.54, 1.807) is 24.1 Å². The number of hydrogen-bond acceptors (Lipinski definition) is 6. The molecule has 154 valence electrons. The van der Waals surface area contributed by atoms with E-state index < -0.39 is 35.1 Å². The Bertz CT molecular complexity index is 1010. The lowest BCUT2D eigenvalue weighted by Crippen LogP contribution is -2.41. The number of amides is 1. The Labute approximate surface area is 164 Å². The van der Waals surface area contributed by atoms with Crippen molar-refractivity contribution < 1.29 is 24.6 Å². The third kappa shape index (κ3) is 6.06. The molecule has 11 nitrogen and oxygen atoms in total. The molecular formula is C18H20N4O7. The highest BCUT2D eigenvalue weighted by atomic mass is 16.4. The first kappa shape index (κ1) is 21.4. The largest absolute Gasteiger partial charge is 0.481 e. The van der Waals surface area contributed by atoms with E-state index in [2.05, 4.69) is 15.3 Å². The number of hydrogen-bond donors (Lipinski definition) is 5. The van der Waals surface area contributed by atoms with Crippen molar-refractivity contribution in [3.05, 3.63) is 62.4 Å². The predicted octanol–water partition coefficient (Wildman–Crippen LogP) is -0.253. The molecule has 0 bridgehead atoms. The maximum Gasteiger partial charge on any atom is 0.326 e. The predicted molar refractivity (Wildman–Crippen MR) is 102 cm³/mol. The fourth-order valence-corrected chi connectivity index (χ4v) is 2.54. The molecular weight excluding hydrogens is 384 g/mol. The van der Waals surface area contributed by atoms with Gasteiger partial charge in [-0.05, 0) is 30.7 Å². The Morgan fingerprint density at radius 3 is 2.34 bits per heavy atom. The first-order valence-corrected chi connectivity index (χ1v) is 8.55. The zero-order chi connectivity index (χ0) is 21.6. The van der Waals surface area contributed by atoms with Gasteiger partial charge in [-0.2, -0.15) is 0 Å². The van der Waals surface area contributed by atoms with E-state index in [0.717, 1.165) is 0 Å². The minimum atomic E-state index is -1.32. The zero-order valence-electron chi connectivity index (χ0n) is 15.5. The normalized spacial score (nSPS) is 11.5. The van der Waals surface area contributed by atoms with Crippen molar-refractivity contribution in [2.75, 3.05) is 11.9 Å². The first-order valence-electron chi connectivity index (χ1n) is 8.55. The highest BCUT2D eigenvalue weighted by molar-refractivity contribution is 5.96. The van der Waals surface area contributed by atoms with Crippen molar-refractivity contribution in [1.29, 1.82) is 0 Å². The lowest BCUT2D eigenvalue weighted by molar-refractivity contribution is -0.140. The molecule has 1 amide bonds. The van der Waals surface area contributed by atoms with Gasteiger partial charge in [0.1, 0.15) is 6.04 Å². The van der Waals surface area contributed by atoms with E-state index >= 15 is 0 Å². The van der Waals surface area contributed by atoms with Crippen LogP contribution in [0.3, 0.4) is 0 Å². The van der Waals surface area contributed by atoms with E-state index in [0.29, 0.717) is 11.3 Å². The molecule has 0 aliphatic rings. The molecule has 0 aliphatic carbocycles. The highest BCUT2D eigenvalue weighted by Crippen LogP contribution is 2.15. The number of nitrogens with one attached hydrogen (secondary N) is 3. The van der Waals surface area contributed by atoms with Crippen molar-refractivity contribution in [3.8, 4) is 0 Å². The molecule has 0 aliphatic heterocycles. The lowest BCUT2D eigenvalue weighted by atomic mass is 10.1. The van der Waals surface area contributed by atoms with Gasteiger partial charge >= 0.3 is 17.6 Å². The number of carboxylic acids is 2. The molecule has 1 heterocycles. The average Bonchev–Trinajstić information content (AvgIpc) is 2.66. The van der Waals surface area contributed by atoms with Gasteiger partial charge < -0.3 is 25.4 Å². The molecule has 0 radical (unpaired) electrons. The zero-order valence-corrected chi connectivity index (χ0v) is 15.5. The highest BCUT2D eigenvalue weighted by Gasteiger charge is 2.21. The standard InChI is InChI=1S/C18H20N4O7/c1-22(9-11-8-19-18(29)21-16(11)26)12-4-2-10(3-5-12)15(25)20-13(17(27)28)6-7-14(23)24/h2-5,8,13H,6-7,9H2,1H3,(H,20,25)(H,23,24)(H,27,28)(H2,19,21,26,29). The van der Waals surface area contributed by atoms with Crippen LogP contribution in [0.1, 0.15) is 28.8 Å². The van der Waals surface area contributed by atoms with E-state index in [-0.39, 0.29) is 24.9 Å². The van der Waals surface area contributed by atoms with Gasteiger partial charge in [-0.15, -0.1) is 0 Å². The fourth-order valence-electron chi connectivity index (χ4n) is 2.54. The minimum absolute atomic E-state index is 0.200. The summed E-state index contributed by atoms with van der Waals surface area (Å²) in [6.07, 6.45) is 0.707. The second-order valence-electron chi connectivity index (χ2n) is 6.30. The summed E-state index contributed by atoms with van der Waals surface area (Å²) in [5.74, 6) is -3.12. The van der Waals surface area contributed by atoms with Crippen molar-refractivity contribution in [2.24, 2.45) is 0 Å². The van der Waals surface area contributed by atoms with E-state index in [4.69, 9.17) is 10.2 Å². The second kappa shape index (κ2) is 9.35. The first-order chi connectivity index (χ1) is 13.7. The SMILES string of the molecule is CN(Cc1c[nH]c(=O)[nH]c1=O)c1ccc(C(=O)NC(CCC(=O)O)C(=O)O)cc1. The summed E-state index contributed by atoms with van der Waals surface area (Å²) >= 11 is 0. The lowest BCUT2D eigenvalue weighted by Gasteiger charge is -2.19. The number of carboxylic acid groups (broad SMARTS) is 2. The van der Waals surface area contributed by atoms with Crippen molar-refractivity contribution in [3.63, 3.8) is 0 Å². The maximum absolute atomic E-state index is 12.2. The second-order valence-corrected chi connectivity index (χ2v) is 6.30. The molecule has 0 saturated heterocycles. The Morgan fingerprint density at radius 2 is 1.79 bits per heavy atom. The third-order valence-corrected chi connectivity index (χ3v) is 4.12. The van der Waals surface area contributed by atoms with Crippen LogP contribution < -0.4 is 21.5 Å². The summed E-state index contributed by atoms with van der Waals surface area (Å²) < 4.78 is 0. The molecule has 2 aromatic rings. The number of carbonyl (C=O) groups is 3. The van der Waals surface area contributed by atoms with E-state index in [1.165, 1.54) is 18.3 Å². The van der Waals surface area contributed by atoms with Crippen LogP contribution in [-0.4, -0.2) is 51.1 Å². The van der Waals surface area contributed by atoms with Crippen LogP contribution in [0.4, 0.5) is 5.69 Å². The van der Waals surface area contributed by atoms with Gasteiger partial charge in [0, 0.05) is 37.5 Å². The van der Waals surface area contributed by atoms with Crippen LogP contribution in [0.25, 0.3) is 0 Å². The number of rotatable bonds is 9. The Balaban J connectivity index is 2.05. The summed E-state index contributed by atoms with van der Waals surface area (Å²) in [4.78, 5) is 63.1. The van der Waals surface area contributed by atoms with Gasteiger partial charge in [-0.25, -0.2) is 9.59 Å². The van der Waals surface area contributed by atoms with E-state index in [1.807, 2.05) is 0 Å². The molecule has 1 aromatic heterocycles. The van der Waals surface area contributed by atoms with Crippen molar-refractivity contribution >= 4 is 23.5 Å². The number of nitrogens with zero attached hydrogens (tertiary/aromatic N) is 1. The fraction of sp³-hybridized carbons (Fsp3) is 0.278. The number of carbonyl (C=O) groups excluding carboxylic acids is 1. The van der Waals surface area contributed by atoms with Gasteiger partial charge in [0.05, 0.1) is 5.56 Å². The summed E-state index contributed by atoms with van der Waals surface area (Å²) in [6.45, 7) is 0.202. The topological polar surface area (TPSA) is 173 Å². The van der Waals surface area contributed by atoms with Crippen LogP contribution in [0.5, 0.6) is 0 Å². The molecule has 0 spiro atoms. The minimum Gasteiger partial charge on any atom is -0.481 e. The number of aliphatic carboxylic acids is 2. The van der Waals surface area contributed by atoms with Crippen molar-refractivity contribution in [1.82, 2.24) is 15.3 Å². The number of aromatic amines is 2. The molecule has 29 heavy (non-hydrogen) atoms. The number of H-pyrrole nitrogens is 2. The van der Waals surface area contributed by atoms with E-state index in [9.17, 15) is 24.0 Å². The Morgan fingerprint density at radius 1 is 1.14 bits per heavy atom. The third-order valence-electron chi connectivity index (χ3n) is 4.12. The average molecular weight is 404 g/mol. The van der Waals surface area contributed by atoms with Gasteiger partial charge in [0.15, 0.2) is 0 Å². The number of benzene rings is 1. The van der Waals surface area contributed by atoms with Crippen LogP contribution in [0, 0.1) is 0 Å². The van der Waals surface area contributed by atoms with Crippen molar-refractivity contribution in [2.45, 2.75) is 25.4 Å². The molecule has 1 atom stereocenters. The van der Waals surface area contributed by atoms with Gasteiger partial charge in [0.2, 0.25) is 0 Å². The quantitative estimate of drug-likeness (QED) is 0.380. The summed E-state index contributed by atoms with van der Waals surface area (Å²) in [5.41, 5.74) is 0.118. The van der Waals surface area contributed by atoms with Gasteiger partial charge in [0.25, 0.3) is 11.5 Å². The summed E-state index contributed by atoms with van der Waals surface area (Å²) in [6, 6.07) is 4.87. The molecule has 0 saturated carbocycles. The van der Waals surface area contributed by atoms with Crippen LogP contribution in [-0.2, 0) is 16.1 Å². The monoisotopic (exact) mass is 404 g/mol. The number of aromatic nitrogens is 2. The molecule has 5 N–H and O–H groups in total. The smallest absolute Gasteiger partial charge is 0.326 e. The molecule has 1 aromatic carbocycles. The Hall–Kier alpha value is -3.89. The molecule has 11 heteroatoms. The van der Waals surface area contributed by atoms with Crippen LogP contribution in [0.2, 0.25) is 0 Å². The summed E-state index contributed by atoms with van der Waals surface area (Å²) in [5, 5.41) is 20.1.